The molecule has 1 amide bonds. The summed E-state index contributed by atoms with van der Waals surface area (Å²) in [6.45, 7) is 7.62. The number of hydrogen-bond donors (Lipinski definition) is 1. The summed E-state index contributed by atoms with van der Waals surface area (Å²) >= 11 is 0. The van der Waals surface area contributed by atoms with Gasteiger partial charge in [-0.2, -0.15) is 0 Å². The van der Waals surface area contributed by atoms with Crippen molar-refractivity contribution in [3.63, 3.8) is 0 Å². The van der Waals surface area contributed by atoms with Gasteiger partial charge >= 0.3 is 5.97 Å². The SMILES string of the molecule is C=CC(=O)NCCC[N+](C)(C)CC(=O)OCCC=CCC. The Balaban J connectivity index is 3.83. The molecule has 0 heterocycles. The smallest absolute Gasteiger partial charge is 0.361 e. The van der Waals surface area contributed by atoms with E-state index in [-0.39, 0.29) is 11.9 Å². The molecule has 0 spiro atoms. The number of nitrogens with zero attached hydrogens (tertiary/aromatic N) is 1. The number of carbonyl (C=O) groups excluding carboxylic acids is 2. The van der Waals surface area contributed by atoms with E-state index in [0.717, 1.165) is 25.8 Å². The van der Waals surface area contributed by atoms with Gasteiger partial charge < -0.3 is 14.5 Å². The Labute approximate surface area is 128 Å². The molecule has 120 valence electrons. The van der Waals surface area contributed by atoms with Crippen LogP contribution in [0.15, 0.2) is 24.8 Å². The average molecular weight is 297 g/mol. The molecule has 0 aromatic heterocycles. The summed E-state index contributed by atoms with van der Waals surface area (Å²) < 4.78 is 5.75. The number of rotatable bonds is 11. The molecule has 0 unspecified atom stereocenters. The van der Waals surface area contributed by atoms with Crippen molar-refractivity contribution >= 4 is 11.9 Å². The van der Waals surface area contributed by atoms with E-state index in [1.54, 1.807) is 0 Å². The number of hydrogen-bond acceptors (Lipinski definition) is 3. The second-order valence-corrected chi connectivity index (χ2v) is 5.55. The van der Waals surface area contributed by atoms with Crippen LogP contribution in [0.3, 0.4) is 0 Å². The molecule has 5 nitrogen and oxygen atoms in total. The predicted molar refractivity (Wildman–Crippen MR) is 84.7 cm³/mol. The van der Waals surface area contributed by atoms with E-state index >= 15 is 0 Å². The maximum atomic E-state index is 11.7. The second-order valence-electron chi connectivity index (χ2n) is 5.55. The maximum absolute atomic E-state index is 11.7. The fourth-order valence-electron chi connectivity index (χ4n) is 1.79. The van der Waals surface area contributed by atoms with Crippen LogP contribution in [-0.4, -0.2) is 56.7 Å². The topological polar surface area (TPSA) is 55.4 Å². The predicted octanol–water partition coefficient (Wildman–Crippen LogP) is 1.65. The highest BCUT2D eigenvalue weighted by Crippen LogP contribution is 2.00. The molecule has 1 N–H and O–H groups in total. The first kappa shape index (κ1) is 19.4. The molecular formula is C16H29N2O3+. The van der Waals surface area contributed by atoms with Gasteiger partial charge in [-0.05, 0) is 18.9 Å². The van der Waals surface area contributed by atoms with Crippen LogP contribution in [0.2, 0.25) is 0 Å². The van der Waals surface area contributed by atoms with Gasteiger partial charge in [-0.1, -0.05) is 25.7 Å². The molecule has 0 rings (SSSR count). The molecule has 0 atom stereocenters. The fourth-order valence-corrected chi connectivity index (χ4v) is 1.79. The number of allylic oxidation sites excluding steroid dienone is 1. The molecule has 21 heavy (non-hydrogen) atoms. The highest BCUT2D eigenvalue weighted by atomic mass is 16.5. The van der Waals surface area contributed by atoms with Crippen molar-refractivity contribution in [3.8, 4) is 0 Å². The summed E-state index contributed by atoms with van der Waals surface area (Å²) in [6, 6.07) is 0. The van der Waals surface area contributed by atoms with Gasteiger partial charge in [-0.3, -0.25) is 4.79 Å². The maximum Gasteiger partial charge on any atom is 0.361 e. The Morgan fingerprint density at radius 2 is 2.00 bits per heavy atom. The summed E-state index contributed by atoms with van der Waals surface area (Å²) in [6.07, 6.45) is 7.91. The Hall–Kier alpha value is -1.62. The van der Waals surface area contributed by atoms with E-state index in [2.05, 4.69) is 24.9 Å². The summed E-state index contributed by atoms with van der Waals surface area (Å²) in [7, 11) is 3.96. The first-order valence-corrected chi connectivity index (χ1v) is 7.44. The van der Waals surface area contributed by atoms with Gasteiger partial charge in [0.15, 0.2) is 6.54 Å². The van der Waals surface area contributed by atoms with E-state index in [1.165, 1.54) is 6.08 Å². The van der Waals surface area contributed by atoms with Crippen LogP contribution in [0.5, 0.6) is 0 Å². The van der Waals surface area contributed by atoms with Crippen LogP contribution < -0.4 is 5.32 Å². The molecule has 0 fully saturated rings. The van der Waals surface area contributed by atoms with Crippen molar-refractivity contribution in [1.82, 2.24) is 5.32 Å². The zero-order chi connectivity index (χ0) is 16.1. The molecule has 0 aliphatic heterocycles. The van der Waals surface area contributed by atoms with E-state index in [1.807, 2.05) is 20.2 Å². The number of nitrogens with one attached hydrogen (secondary N) is 1. The largest absolute Gasteiger partial charge is 0.461 e. The molecule has 0 saturated carbocycles. The van der Waals surface area contributed by atoms with Crippen LogP contribution in [0.1, 0.15) is 26.2 Å². The summed E-state index contributed by atoms with van der Waals surface area (Å²) in [4.78, 5) is 22.7. The number of ether oxygens (including phenoxy) is 1. The third-order valence-electron chi connectivity index (χ3n) is 2.93. The highest BCUT2D eigenvalue weighted by molar-refractivity contribution is 5.86. The van der Waals surface area contributed by atoms with Crippen molar-refractivity contribution in [2.75, 3.05) is 40.3 Å². The van der Waals surface area contributed by atoms with Gasteiger partial charge in [0.25, 0.3) is 0 Å². The Morgan fingerprint density at radius 1 is 1.29 bits per heavy atom. The van der Waals surface area contributed by atoms with Crippen LogP contribution >= 0.6 is 0 Å². The molecule has 0 aliphatic carbocycles. The number of carbonyl (C=O) groups is 2. The van der Waals surface area contributed by atoms with Gasteiger partial charge in [0, 0.05) is 13.0 Å². The lowest BCUT2D eigenvalue weighted by atomic mass is 10.3. The fraction of sp³-hybridized carbons (Fsp3) is 0.625. The quantitative estimate of drug-likeness (QED) is 0.207. The first-order valence-electron chi connectivity index (χ1n) is 7.44. The van der Waals surface area contributed by atoms with Gasteiger partial charge in [0.2, 0.25) is 5.91 Å². The Bertz CT molecular complexity index is 363. The lowest BCUT2D eigenvalue weighted by molar-refractivity contribution is -0.883. The molecular weight excluding hydrogens is 268 g/mol. The third kappa shape index (κ3) is 11.9. The van der Waals surface area contributed by atoms with Crippen LogP contribution in [0.25, 0.3) is 0 Å². The normalized spacial score (nSPS) is 11.4. The van der Waals surface area contributed by atoms with E-state index in [9.17, 15) is 9.59 Å². The van der Waals surface area contributed by atoms with Gasteiger partial charge in [-0.15, -0.1) is 0 Å². The minimum absolute atomic E-state index is 0.167. The lowest BCUT2D eigenvalue weighted by Crippen LogP contribution is -2.46. The summed E-state index contributed by atoms with van der Waals surface area (Å²) in [5.74, 6) is -0.347. The second kappa shape index (κ2) is 11.1. The van der Waals surface area contributed by atoms with Crippen molar-refractivity contribution in [2.45, 2.75) is 26.2 Å². The molecule has 0 bridgehead atoms. The zero-order valence-corrected chi connectivity index (χ0v) is 13.6. The minimum Gasteiger partial charge on any atom is -0.461 e. The summed E-state index contributed by atoms with van der Waals surface area (Å²) in [5.41, 5.74) is 0. The number of amides is 1. The van der Waals surface area contributed by atoms with Crippen LogP contribution in [0.4, 0.5) is 0 Å². The van der Waals surface area contributed by atoms with Crippen molar-refractivity contribution in [1.29, 1.82) is 0 Å². The van der Waals surface area contributed by atoms with E-state index in [4.69, 9.17) is 4.74 Å². The highest BCUT2D eigenvalue weighted by Gasteiger charge is 2.20. The first-order chi connectivity index (χ1) is 9.91. The zero-order valence-electron chi connectivity index (χ0n) is 13.6. The van der Waals surface area contributed by atoms with Gasteiger partial charge in [-0.25, -0.2) is 4.79 Å². The standard InChI is InChI=1S/C16H28N2O3/c1-5-7-8-9-13-21-16(20)14-18(3,4)12-10-11-17-15(19)6-2/h6-8H,2,5,9-14H2,1,3-4H3/p+1. The number of quaternary nitrogens is 1. The molecule has 0 saturated heterocycles. The average Bonchev–Trinajstić information content (AvgIpc) is 2.42. The van der Waals surface area contributed by atoms with Gasteiger partial charge in [0.05, 0.1) is 27.2 Å². The Kier molecular flexibility index (Phi) is 10.2. The van der Waals surface area contributed by atoms with Crippen LogP contribution in [0, 0.1) is 0 Å². The molecule has 0 aliphatic rings. The third-order valence-corrected chi connectivity index (χ3v) is 2.93. The minimum atomic E-state index is -0.181. The number of esters is 1. The summed E-state index contributed by atoms with van der Waals surface area (Å²) in [5, 5.41) is 2.72. The monoisotopic (exact) mass is 297 g/mol. The molecule has 0 aromatic rings. The molecule has 0 aromatic carbocycles. The van der Waals surface area contributed by atoms with Crippen LogP contribution in [-0.2, 0) is 14.3 Å². The van der Waals surface area contributed by atoms with Crippen molar-refractivity contribution in [3.05, 3.63) is 24.8 Å². The number of likely N-dealkylation sites (N-methyl/N-ethyl adjacent to an activating group) is 1. The molecule has 0 radical (unpaired) electrons. The van der Waals surface area contributed by atoms with Crippen molar-refractivity contribution in [2.24, 2.45) is 0 Å². The Morgan fingerprint density at radius 3 is 2.62 bits per heavy atom. The lowest BCUT2D eigenvalue weighted by Gasteiger charge is -2.28. The van der Waals surface area contributed by atoms with E-state index < -0.39 is 0 Å². The van der Waals surface area contributed by atoms with Crippen molar-refractivity contribution < 1.29 is 18.8 Å². The molecule has 5 heteroatoms. The van der Waals surface area contributed by atoms with E-state index in [0.29, 0.717) is 24.2 Å². The van der Waals surface area contributed by atoms with Gasteiger partial charge in [0.1, 0.15) is 0 Å².